The molecule has 2 rings (SSSR count). The Morgan fingerprint density at radius 1 is 1.41 bits per heavy atom. The molecule has 0 spiro atoms. The second-order valence-electron chi connectivity index (χ2n) is 4.51. The number of hydrogen-bond acceptors (Lipinski definition) is 4. The standard InChI is InChI=1S/C13H13F3N4O2/c1-2-19-8-9(7-18-19)6-17-11-5-3-4-10(13(14,15)16)12(11)20(21)22/h3-5,7-8,17H,2,6H2,1H3. The van der Waals surface area contributed by atoms with Crippen molar-refractivity contribution in [3.05, 3.63) is 51.8 Å². The molecule has 9 heteroatoms. The molecule has 0 fully saturated rings. The third kappa shape index (κ3) is 3.35. The fraction of sp³-hybridized carbons (Fsp3) is 0.308. The van der Waals surface area contributed by atoms with Crippen molar-refractivity contribution in [2.75, 3.05) is 5.32 Å². The van der Waals surface area contributed by atoms with Gasteiger partial charge >= 0.3 is 11.9 Å². The van der Waals surface area contributed by atoms with Gasteiger partial charge in [-0.05, 0) is 19.1 Å². The van der Waals surface area contributed by atoms with Crippen molar-refractivity contribution in [1.29, 1.82) is 0 Å². The minimum atomic E-state index is -4.78. The average Bonchev–Trinajstić information content (AvgIpc) is 2.91. The van der Waals surface area contributed by atoms with E-state index in [0.717, 1.165) is 6.07 Å². The van der Waals surface area contributed by atoms with Crippen LogP contribution >= 0.6 is 0 Å². The smallest absolute Gasteiger partial charge is 0.375 e. The van der Waals surface area contributed by atoms with E-state index in [1.807, 2.05) is 6.92 Å². The summed E-state index contributed by atoms with van der Waals surface area (Å²) >= 11 is 0. The van der Waals surface area contributed by atoms with Crippen molar-refractivity contribution in [2.45, 2.75) is 26.2 Å². The van der Waals surface area contributed by atoms with Gasteiger partial charge in [0.15, 0.2) is 0 Å². The molecule has 1 aromatic carbocycles. The van der Waals surface area contributed by atoms with Gasteiger partial charge in [-0.2, -0.15) is 18.3 Å². The van der Waals surface area contributed by atoms with Gasteiger partial charge < -0.3 is 5.32 Å². The largest absolute Gasteiger partial charge is 0.423 e. The Kier molecular flexibility index (Phi) is 4.34. The van der Waals surface area contributed by atoms with Gasteiger partial charge in [0.25, 0.3) is 0 Å². The quantitative estimate of drug-likeness (QED) is 0.678. The fourth-order valence-electron chi connectivity index (χ4n) is 1.98. The highest BCUT2D eigenvalue weighted by Crippen LogP contribution is 2.40. The van der Waals surface area contributed by atoms with Crippen LogP contribution in [-0.2, 0) is 19.3 Å². The lowest BCUT2D eigenvalue weighted by Gasteiger charge is -2.11. The van der Waals surface area contributed by atoms with Gasteiger partial charge in [0.2, 0.25) is 0 Å². The Morgan fingerprint density at radius 2 is 2.14 bits per heavy atom. The SMILES string of the molecule is CCn1cc(CNc2cccc(C(F)(F)F)c2[N+](=O)[O-])cn1. The molecule has 0 unspecified atom stereocenters. The Hall–Kier alpha value is -2.58. The number of aryl methyl sites for hydroxylation is 1. The number of nitrogens with one attached hydrogen (secondary N) is 1. The molecule has 0 radical (unpaired) electrons. The number of nitro benzene ring substituents is 1. The second-order valence-corrected chi connectivity index (χ2v) is 4.51. The molecule has 0 saturated carbocycles. The highest BCUT2D eigenvalue weighted by atomic mass is 19.4. The van der Waals surface area contributed by atoms with E-state index in [1.54, 1.807) is 17.1 Å². The number of anilines is 1. The number of hydrogen-bond donors (Lipinski definition) is 1. The van der Waals surface area contributed by atoms with Crippen molar-refractivity contribution in [2.24, 2.45) is 0 Å². The number of rotatable bonds is 5. The van der Waals surface area contributed by atoms with Crippen LogP contribution in [0.2, 0.25) is 0 Å². The first-order valence-electron chi connectivity index (χ1n) is 6.42. The number of benzene rings is 1. The minimum Gasteiger partial charge on any atom is -0.375 e. The maximum atomic E-state index is 12.9. The van der Waals surface area contributed by atoms with E-state index in [1.165, 1.54) is 6.07 Å². The van der Waals surface area contributed by atoms with Gasteiger partial charge in [-0.3, -0.25) is 14.8 Å². The first-order valence-corrected chi connectivity index (χ1v) is 6.42. The molecule has 0 aliphatic rings. The van der Waals surface area contributed by atoms with Crippen LogP contribution in [0.5, 0.6) is 0 Å². The normalized spacial score (nSPS) is 11.5. The Bertz CT molecular complexity index is 682. The highest BCUT2D eigenvalue weighted by Gasteiger charge is 2.39. The van der Waals surface area contributed by atoms with Crippen molar-refractivity contribution >= 4 is 11.4 Å². The minimum absolute atomic E-state index is 0.141. The van der Waals surface area contributed by atoms with E-state index in [0.29, 0.717) is 18.2 Å². The van der Waals surface area contributed by atoms with Crippen LogP contribution in [0.15, 0.2) is 30.6 Å². The summed E-state index contributed by atoms with van der Waals surface area (Å²) in [7, 11) is 0. The number of nitro groups is 1. The van der Waals surface area contributed by atoms with Crippen molar-refractivity contribution in [1.82, 2.24) is 9.78 Å². The predicted octanol–water partition coefficient (Wildman–Crippen LogP) is 3.44. The molecule has 0 bridgehead atoms. The predicted molar refractivity (Wildman–Crippen MR) is 73.3 cm³/mol. The van der Waals surface area contributed by atoms with Gasteiger partial charge in [-0.25, -0.2) is 0 Å². The summed E-state index contributed by atoms with van der Waals surface area (Å²) in [5.74, 6) is 0. The number of alkyl halides is 3. The van der Waals surface area contributed by atoms with E-state index >= 15 is 0 Å². The summed E-state index contributed by atoms with van der Waals surface area (Å²) in [5, 5.41) is 17.7. The van der Waals surface area contributed by atoms with E-state index in [4.69, 9.17) is 0 Å². The van der Waals surface area contributed by atoms with Gasteiger partial charge in [-0.1, -0.05) is 6.07 Å². The van der Waals surface area contributed by atoms with Gasteiger partial charge in [-0.15, -0.1) is 0 Å². The molecule has 0 atom stereocenters. The Labute approximate surface area is 123 Å². The summed E-state index contributed by atoms with van der Waals surface area (Å²) in [6.07, 6.45) is -1.52. The molecule has 118 valence electrons. The van der Waals surface area contributed by atoms with Crippen molar-refractivity contribution in [3.8, 4) is 0 Å². The van der Waals surface area contributed by atoms with Crippen LogP contribution in [-0.4, -0.2) is 14.7 Å². The molecule has 0 amide bonds. The average molecular weight is 314 g/mol. The molecule has 0 aliphatic carbocycles. The van der Waals surface area contributed by atoms with Crippen molar-refractivity contribution in [3.63, 3.8) is 0 Å². The van der Waals surface area contributed by atoms with Crippen LogP contribution in [0.1, 0.15) is 18.1 Å². The number of nitrogens with zero attached hydrogens (tertiary/aromatic N) is 3. The maximum Gasteiger partial charge on any atom is 0.423 e. The van der Waals surface area contributed by atoms with E-state index in [9.17, 15) is 23.3 Å². The molecule has 1 aromatic heterocycles. The van der Waals surface area contributed by atoms with Gasteiger partial charge in [0, 0.05) is 24.8 Å². The summed E-state index contributed by atoms with van der Waals surface area (Å²) in [4.78, 5) is 9.97. The molecule has 1 N–H and O–H groups in total. The molecule has 2 aromatic rings. The first kappa shape index (κ1) is 15.8. The number of halogens is 3. The van der Waals surface area contributed by atoms with Crippen LogP contribution in [0.4, 0.5) is 24.5 Å². The molecule has 0 saturated heterocycles. The molecule has 0 aliphatic heterocycles. The number of para-hydroxylation sites is 1. The lowest BCUT2D eigenvalue weighted by Crippen LogP contribution is -2.11. The number of aromatic nitrogens is 2. The van der Waals surface area contributed by atoms with E-state index in [2.05, 4.69) is 10.4 Å². The van der Waals surface area contributed by atoms with E-state index < -0.39 is 22.4 Å². The summed E-state index contributed by atoms with van der Waals surface area (Å²) in [6, 6.07) is 3.07. The topological polar surface area (TPSA) is 73.0 Å². The lowest BCUT2D eigenvalue weighted by molar-refractivity contribution is -0.387. The third-order valence-electron chi connectivity index (χ3n) is 3.02. The summed E-state index contributed by atoms with van der Waals surface area (Å²) in [6.45, 7) is 2.69. The zero-order chi connectivity index (χ0) is 16.3. The summed E-state index contributed by atoms with van der Waals surface area (Å²) in [5.41, 5.74) is -1.71. The maximum absolute atomic E-state index is 12.9. The lowest BCUT2D eigenvalue weighted by atomic mass is 10.1. The van der Waals surface area contributed by atoms with Gasteiger partial charge in [0.1, 0.15) is 11.3 Å². The van der Waals surface area contributed by atoms with Crippen molar-refractivity contribution < 1.29 is 18.1 Å². The highest BCUT2D eigenvalue weighted by molar-refractivity contribution is 5.66. The molecular weight excluding hydrogens is 301 g/mol. The molecule has 1 heterocycles. The summed E-state index contributed by atoms with van der Waals surface area (Å²) < 4.78 is 40.2. The Balaban J connectivity index is 2.28. The van der Waals surface area contributed by atoms with Gasteiger partial charge in [0.05, 0.1) is 11.1 Å². The zero-order valence-electron chi connectivity index (χ0n) is 11.6. The van der Waals surface area contributed by atoms with Crippen LogP contribution in [0, 0.1) is 10.1 Å². The zero-order valence-corrected chi connectivity index (χ0v) is 11.6. The Morgan fingerprint density at radius 3 is 2.68 bits per heavy atom. The van der Waals surface area contributed by atoms with Crippen LogP contribution in [0.25, 0.3) is 0 Å². The first-order chi connectivity index (χ1) is 10.3. The second kappa shape index (κ2) is 6.04. The fourth-order valence-corrected chi connectivity index (χ4v) is 1.98. The van der Waals surface area contributed by atoms with Crippen LogP contribution < -0.4 is 5.32 Å². The monoisotopic (exact) mass is 314 g/mol. The third-order valence-corrected chi connectivity index (χ3v) is 3.02. The molecular formula is C13H13F3N4O2. The molecule has 22 heavy (non-hydrogen) atoms. The van der Waals surface area contributed by atoms with E-state index in [-0.39, 0.29) is 12.2 Å². The molecule has 6 nitrogen and oxygen atoms in total. The van der Waals surface area contributed by atoms with Crippen LogP contribution in [0.3, 0.4) is 0 Å².